The summed E-state index contributed by atoms with van der Waals surface area (Å²) < 4.78 is 8.31. The summed E-state index contributed by atoms with van der Waals surface area (Å²) in [6, 6.07) is 5.96. The Morgan fingerprint density at radius 1 is 1.25 bits per heavy atom. The molecule has 4 nitrogen and oxygen atoms in total. The van der Waals surface area contributed by atoms with Crippen LogP contribution in [0.2, 0.25) is 0 Å². The minimum absolute atomic E-state index is 0.0236. The highest BCUT2D eigenvalue weighted by Crippen LogP contribution is 2.41. The van der Waals surface area contributed by atoms with Gasteiger partial charge in [0, 0.05) is 28.7 Å². The van der Waals surface area contributed by atoms with Crippen LogP contribution in [0.15, 0.2) is 22.7 Å². The molecule has 0 atom stereocenters. The maximum absolute atomic E-state index is 5.88. The predicted molar refractivity (Wildman–Crippen MR) is 86.0 cm³/mol. The molecule has 0 unspecified atom stereocenters. The van der Waals surface area contributed by atoms with Crippen molar-refractivity contribution in [2.75, 3.05) is 12.8 Å². The smallest absolute Gasteiger partial charge is 0.132 e. The zero-order valence-electron chi connectivity index (χ0n) is 12.5. The molecule has 1 aromatic heterocycles. The van der Waals surface area contributed by atoms with Crippen molar-refractivity contribution in [1.82, 2.24) is 9.78 Å². The first-order valence-corrected chi connectivity index (χ1v) is 7.21. The first-order chi connectivity index (χ1) is 9.24. The van der Waals surface area contributed by atoms with E-state index in [1.165, 1.54) is 0 Å². The summed E-state index contributed by atoms with van der Waals surface area (Å²) in [5.74, 6) is 1.47. The maximum atomic E-state index is 5.88. The number of hydrogen-bond donors (Lipinski definition) is 1. The molecule has 0 aliphatic rings. The Morgan fingerprint density at radius 2 is 1.90 bits per heavy atom. The highest BCUT2D eigenvalue weighted by molar-refractivity contribution is 9.10. The van der Waals surface area contributed by atoms with Crippen LogP contribution in [-0.2, 0) is 12.5 Å². The average molecular weight is 338 g/mol. The van der Waals surface area contributed by atoms with Gasteiger partial charge in [0.15, 0.2) is 0 Å². The number of methoxy groups -OCH3 is 1. The number of ether oxygens (including phenoxy) is 1. The molecule has 2 N–H and O–H groups in total. The van der Waals surface area contributed by atoms with Crippen LogP contribution >= 0.6 is 15.9 Å². The van der Waals surface area contributed by atoms with Crippen LogP contribution in [0.25, 0.3) is 11.3 Å². The van der Waals surface area contributed by atoms with Gasteiger partial charge in [0.05, 0.1) is 12.8 Å². The van der Waals surface area contributed by atoms with E-state index in [2.05, 4.69) is 47.9 Å². The lowest BCUT2D eigenvalue weighted by atomic mass is 9.85. The van der Waals surface area contributed by atoms with Crippen molar-refractivity contribution in [3.8, 4) is 17.0 Å². The molecule has 0 fully saturated rings. The lowest BCUT2D eigenvalue weighted by Gasteiger charge is -2.24. The average Bonchev–Trinajstić information content (AvgIpc) is 2.67. The molecule has 108 valence electrons. The summed E-state index contributed by atoms with van der Waals surface area (Å²) in [4.78, 5) is 0. The number of hydrogen-bond acceptors (Lipinski definition) is 3. The molecule has 0 amide bonds. The van der Waals surface area contributed by atoms with E-state index in [4.69, 9.17) is 10.5 Å². The third-order valence-corrected chi connectivity index (χ3v) is 3.72. The third-order valence-electron chi connectivity index (χ3n) is 3.26. The van der Waals surface area contributed by atoms with E-state index in [9.17, 15) is 0 Å². The number of anilines is 1. The number of rotatable bonds is 2. The molecular formula is C15H20BrN3O. The van der Waals surface area contributed by atoms with Crippen LogP contribution in [0.4, 0.5) is 5.82 Å². The molecule has 5 heteroatoms. The SMILES string of the molecule is COc1c(-c2cc(N)n(C)n2)cc(Br)cc1C(C)(C)C. The molecule has 0 spiro atoms. The molecule has 2 aromatic rings. The lowest BCUT2D eigenvalue weighted by molar-refractivity contribution is 0.399. The predicted octanol–water partition coefficient (Wildman–Crippen LogP) is 3.74. The van der Waals surface area contributed by atoms with Crippen molar-refractivity contribution in [1.29, 1.82) is 0 Å². The van der Waals surface area contributed by atoms with E-state index >= 15 is 0 Å². The van der Waals surface area contributed by atoms with Gasteiger partial charge in [-0.25, -0.2) is 0 Å². The monoisotopic (exact) mass is 337 g/mol. The van der Waals surface area contributed by atoms with Crippen molar-refractivity contribution >= 4 is 21.7 Å². The number of benzene rings is 1. The van der Waals surface area contributed by atoms with E-state index < -0.39 is 0 Å². The van der Waals surface area contributed by atoms with Gasteiger partial charge in [-0.05, 0) is 17.5 Å². The second kappa shape index (κ2) is 5.13. The molecule has 0 saturated carbocycles. The van der Waals surface area contributed by atoms with Crippen molar-refractivity contribution in [2.24, 2.45) is 7.05 Å². The summed E-state index contributed by atoms with van der Waals surface area (Å²) in [5.41, 5.74) is 8.75. The van der Waals surface area contributed by atoms with Gasteiger partial charge in [-0.3, -0.25) is 4.68 Å². The largest absolute Gasteiger partial charge is 0.496 e. The molecule has 2 rings (SSSR count). The zero-order chi connectivity index (χ0) is 15.1. The van der Waals surface area contributed by atoms with Crippen LogP contribution in [0.5, 0.6) is 5.75 Å². The van der Waals surface area contributed by atoms with Crippen LogP contribution in [0.1, 0.15) is 26.3 Å². The highest BCUT2D eigenvalue weighted by atomic mass is 79.9. The fourth-order valence-corrected chi connectivity index (χ4v) is 2.63. The molecule has 1 aromatic carbocycles. The third kappa shape index (κ3) is 2.68. The second-order valence-electron chi connectivity index (χ2n) is 5.86. The summed E-state index contributed by atoms with van der Waals surface area (Å²) in [7, 11) is 3.52. The van der Waals surface area contributed by atoms with Crippen LogP contribution in [0, 0.1) is 0 Å². The number of nitrogen functional groups attached to an aromatic ring is 1. The van der Waals surface area contributed by atoms with Crippen molar-refractivity contribution in [3.05, 3.63) is 28.2 Å². The summed E-state index contributed by atoms with van der Waals surface area (Å²) in [5, 5.41) is 4.44. The Hall–Kier alpha value is -1.49. The number of nitrogens with two attached hydrogens (primary N) is 1. The van der Waals surface area contributed by atoms with Gasteiger partial charge >= 0.3 is 0 Å². The molecular weight excluding hydrogens is 318 g/mol. The minimum atomic E-state index is -0.0236. The fourth-order valence-electron chi connectivity index (χ4n) is 2.17. The summed E-state index contributed by atoms with van der Waals surface area (Å²) in [6.45, 7) is 6.48. The van der Waals surface area contributed by atoms with E-state index in [0.29, 0.717) is 5.82 Å². The normalized spacial score (nSPS) is 11.7. The molecule has 0 aliphatic carbocycles. The van der Waals surface area contributed by atoms with Crippen LogP contribution in [0.3, 0.4) is 0 Å². The molecule has 0 aliphatic heterocycles. The van der Waals surface area contributed by atoms with Gasteiger partial charge in [-0.1, -0.05) is 36.7 Å². The van der Waals surface area contributed by atoms with Crippen LogP contribution in [-0.4, -0.2) is 16.9 Å². The lowest BCUT2D eigenvalue weighted by Crippen LogP contribution is -2.13. The number of halogens is 1. The number of aromatic nitrogens is 2. The summed E-state index contributed by atoms with van der Waals surface area (Å²) >= 11 is 3.57. The van der Waals surface area contributed by atoms with Crippen molar-refractivity contribution in [3.63, 3.8) is 0 Å². The van der Waals surface area contributed by atoms with Gasteiger partial charge in [0.2, 0.25) is 0 Å². The molecule has 0 radical (unpaired) electrons. The quantitative estimate of drug-likeness (QED) is 0.908. The van der Waals surface area contributed by atoms with Crippen molar-refractivity contribution in [2.45, 2.75) is 26.2 Å². The van der Waals surface area contributed by atoms with Gasteiger partial charge < -0.3 is 10.5 Å². The Bertz CT molecular complexity index is 622. The molecule has 1 heterocycles. The first kappa shape index (κ1) is 14.9. The Balaban J connectivity index is 2.72. The van der Waals surface area contributed by atoms with Crippen LogP contribution < -0.4 is 10.5 Å². The Kier molecular flexibility index (Phi) is 3.82. The van der Waals surface area contributed by atoms with E-state index in [1.54, 1.807) is 11.8 Å². The summed E-state index contributed by atoms with van der Waals surface area (Å²) in [6.07, 6.45) is 0. The van der Waals surface area contributed by atoms with Gasteiger partial charge in [0.25, 0.3) is 0 Å². The maximum Gasteiger partial charge on any atom is 0.132 e. The number of aryl methyl sites for hydroxylation is 1. The second-order valence-corrected chi connectivity index (χ2v) is 6.78. The topological polar surface area (TPSA) is 53.1 Å². The minimum Gasteiger partial charge on any atom is -0.496 e. The van der Waals surface area contributed by atoms with E-state index in [0.717, 1.165) is 27.0 Å². The molecule has 0 saturated heterocycles. The Morgan fingerprint density at radius 3 is 2.35 bits per heavy atom. The molecule has 20 heavy (non-hydrogen) atoms. The standard InChI is InChI=1S/C15H20BrN3O/c1-15(2,3)11-7-9(16)6-10(14(11)20-5)12-8-13(17)19(4)18-12/h6-8H,17H2,1-5H3. The Labute approximate surface area is 128 Å². The van der Waals surface area contributed by atoms with Gasteiger partial charge in [-0.15, -0.1) is 0 Å². The fraction of sp³-hybridized carbons (Fsp3) is 0.400. The first-order valence-electron chi connectivity index (χ1n) is 6.42. The number of nitrogens with zero attached hydrogens (tertiary/aromatic N) is 2. The van der Waals surface area contributed by atoms with E-state index in [-0.39, 0.29) is 5.41 Å². The van der Waals surface area contributed by atoms with Crippen molar-refractivity contribution < 1.29 is 4.74 Å². The highest BCUT2D eigenvalue weighted by Gasteiger charge is 2.23. The zero-order valence-corrected chi connectivity index (χ0v) is 14.1. The van der Waals surface area contributed by atoms with Gasteiger partial charge in [0.1, 0.15) is 11.6 Å². The van der Waals surface area contributed by atoms with Gasteiger partial charge in [-0.2, -0.15) is 5.10 Å². The molecule has 0 bridgehead atoms. The van der Waals surface area contributed by atoms with E-state index in [1.807, 2.05) is 19.2 Å².